The van der Waals surface area contributed by atoms with Crippen LogP contribution in [0, 0.1) is 5.92 Å². The predicted octanol–water partition coefficient (Wildman–Crippen LogP) is 5.66. The van der Waals surface area contributed by atoms with Crippen molar-refractivity contribution in [1.82, 2.24) is 0 Å². The molecule has 0 saturated carbocycles. The molecular weight excluding hydrogens is 270 g/mol. The summed E-state index contributed by atoms with van der Waals surface area (Å²) in [6.45, 7) is 11.1. The van der Waals surface area contributed by atoms with Crippen molar-refractivity contribution < 1.29 is 0 Å². The third-order valence-corrected chi connectivity index (χ3v) is 5.12. The Labute approximate surface area is 109 Å². The zero-order valence-electron chi connectivity index (χ0n) is 10.6. The van der Waals surface area contributed by atoms with Crippen LogP contribution in [0.15, 0.2) is 10.5 Å². The van der Waals surface area contributed by atoms with Crippen LogP contribution < -0.4 is 0 Å². The summed E-state index contributed by atoms with van der Waals surface area (Å²) in [5.41, 5.74) is 0. The molecule has 3 heteroatoms. The first kappa shape index (κ1) is 15.6. The van der Waals surface area contributed by atoms with Crippen LogP contribution in [0.3, 0.4) is 0 Å². The summed E-state index contributed by atoms with van der Waals surface area (Å²) < 4.78 is 1.15. The molecule has 0 bridgehead atoms. The highest BCUT2D eigenvalue weighted by Gasteiger charge is 2.36. The van der Waals surface area contributed by atoms with Crippen LogP contribution in [0.4, 0.5) is 0 Å². The van der Waals surface area contributed by atoms with Crippen LogP contribution >= 0.6 is 27.4 Å². The lowest BCUT2D eigenvalue weighted by molar-refractivity contribution is 0.473. The largest absolute Gasteiger partial charge is 0.295 e. The van der Waals surface area contributed by atoms with Gasteiger partial charge < -0.3 is 0 Å². The van der Waals surface area contributed by atoms with Gasteiger partial charge in [0.1, 0.15) is 0 Å². The quantitative estimate of drug-likeness (QED) is 0.438. The Balaban J connectivity index is 4.42. The summed E-state index contributed by atoms with van der Waals surface area (Å²) in [4.78, 5) is 0. The molecule has 0 aliphatic heterocycles. The van der Waals surface area contributed by atoms with E-state index < -0.39 is 0 Å². The maximum absolute atomic E-state index is 6.48. The van der Waals surface area contributed by atoms with Gasteiger partial charge in [0, 0.05) is 0 Å². The van der Waals surface area contributed by atoms with Crippen LogP contribution in [-0.4, -0.2) is 6.13 Å². The average Bonchev–Trinajstić information content (AvgIpc) is 2.16. The van der Waals surface area contributed by atoms with Crippen LogP contribution in [-0.2, 0) is 0 Å². The van der Waals surface area contributed by atoms with E-state index in [0.717, 1.165) is 10.8 Å². The molecule has 0 spiro atoms. The molecule has 0 aliphatic rings. The fourth-order valence-corrected chi connectivity index (χ4v) is 2.36. The molecule has 0 aromatic rings. The van der Waals surface area contributed by atoms with Gasteiger partial charge in [0.25, 0.3) is 6.13 Å². The molecule has 0 aromatic heterocycles. The lowest BCUT2D eigenvalue weighted by Gasteiger charge is -2.31. The van der Waals surface area contributed by atoms with Gasteiger partial charge in [0.2, 0.25) is 0 Å². The molecule has 0 nitrogen and oxygen atoms in total. The number of unbranched alkanes of at least 4 members (excludes halogenated alkanes) is 2. The Morgan fingerprint density at radius 3 is 2.40 bits per heavy atom. The highest BCUT2D eigenvalue weighted by atomic mass is 79.9. The van der Waals surface area contributed by atoms with Gasteiger partial charge in [-0.25, -0.2) is 0 Å². The summed E-state index contributed by atoms with van der Waals surface area (Å²) in [5.74, 6) is 0.576. The van der Waals surface area contributed by atoms with E-state index in [2.05, 4.69) is 56.6 Å². The monoisotopic (exact) mass is 292 g/mol. The standard InChI is InChI=1S/C12H23BBrCl/c1-6-7-8-9-11(14)13(15)12(4,5)10(2)3/h9-10H,6-8H2,1-5H3/b11-9-. The van der Waals surface area contributed by atoms with Crippen molar-refractivity contribution in [2.45, 2.75) is 59.2 Å². The molecule has 0 saturated heterocycles. The number of hydrogen-bond acceptors (Lipinski definition) is 0. The van der Waals surface area contributed by atoms with E-state index in [1.165, 1.54) is 12.8 Å². The van der Waals surface area contributed by atoms with Crippen molar-refractivity contribution in [2.75, 3.05) is 0 Å². The first-order valence-electron chi connectivity index (χ1n) is 5.83. The maximum Gasteiger partial charge on any atom is 0.295 e. The summed E-state index contributed by atoms with van der Waals surface area (Å²) in [5, 5.41) is 0.128. The maximum atomic E-state index is 6.48. The first-order valence-corrected chi connectivity index (χ1v) is 7.06. The Hall–Kier alpha value is 0.575. The first-order chi connectivity index (χ1) is 6.84. The van der Waals surface area contributed by atoms with Crippen molar-refractivity contribution in [2.24, 2.45) is 5.92 Å². The summed E-state index contributed by atoms with van der Waals surface area (Å²) in [6.07, 6.45) is 5.90. The highest BCUT2D eigenvalue weighted by molar-refractivity contribution is 9.12. The molecule has 0 N–H and O–H groups in total. The van der Waals surface area contributed by atoms with E-state index in [0.29, 0.717) is 5.92 Å². The fraction of sp³-hybridized carbons (Fsp3) is 0.833. The second kappa shape index (κ2) is 7.01. The van der Waals surface area contributed by atoms with Gasteiger partial charge in [0.05, 0.1) is 0 Å². The summed E-state index contributed by atoms with van der Waals surface area (Å²) in [6, 6.07) is 0. The molecule has 0 aliphatic carbocycles. The minimum absolute atomic E-state index is 0.0781. The molecule has 0 radical (unpaired) electrons. The van der Waals surface area contributed by atoms with Gasteiger partial charge in [-0.15, -0.1) is 0 Å². The van der Waals surface area contributed by atoms with Crippen LogP contribution in [0.5, 0.6) is 0 Å². The SMILES string of the molecule is CCCC/C=C(\Br)B(Cl)C(C)(C)C(C)C. The molecule has 0 rings (SSSR count). The smallest absolute Gasteiger partial charge is 0.188 e. The van der Waals surface area contributed by atoms with Gasteiger partial charge in [-0.05, 0) is 22.0 Å². The number of allylic oxidation sites excluding steroid dienone is 1. The van der Waals surface area contributed by atoms with Gasteiger partial charge in [-0.3, -0.25) is 0 Å². The third kappa shape index (κ3) is 4.95. The Morgan fingerprint density at radius 2 is 2.00 bits per heavy atom. The van der Waals surface area contributed by atoms with E-state index in [9.17, 15) is 0 Å². The lowest BCUT2D eigenvalue weighted by Crippen LogP contribution is -2.28. The van der Waals surface area contributed by atoms with E-state index in [1.807, 2.05) is 0 Å². The second-order valence-electron chi connectivity index (χ2n) is 5.07. The minimum atomic E-state index is 0.0781. The highest BCUT2D eigenvalue weighted by Crippen LogP contribution is 2.43. The molecular formula is C12H23BBrCl. The molecule has 0 aromatic carbocycles. The minimum Gasteiger partial charge on any atom is -0.188 e. The van der Waals surface area contributed by atoms with Gasteiger partial charge in [-0.1, -0.05) is 69.5 Å². The van der Waals surface area contributed by atoms with Gasteiger partial charge >= 0.3 is 0 Å². The number of rotatable bonds is 6. The average molecular weight is 293 g/mol. The molecule has 0 atom stereocenters. The molecule has 0 heterocycles. The second-order valence-corrected chi connectivity index (χ2v) is 6.42. The van der Waals surface area contributed by atoms with Crippen molar-refractivity contribution in [3.8, 4) is 0 Å². The molecule has 0 unspecified atom stereocenters. The molecule has 0 fully saturated rings. The Kier molecular flexibility index (Phi) is 7.28. The van der Waals surface area contributed by atoms with E-state index in [-0.39, 0.29) is 11.4 Å². The Bertz CT molecular complexity index is 212. The number of hydrogen-bond donors (Lipinski definition) is 0. The summed E-state index contributed by atoms with van der Waals surface area (Å²) >= 11 is 10.1. The third-order valence-electron chi connectivity index (χ3n) is 3.28. The molecule has 15 heavy (non-hydrogen) atoms. The number of halogens is 2. The fourth-order valence-electron chi connectivity index (χ4n) is 1.20. The topological polar surface area (TPSA) is 0 Å². The zero-order chi connectivity index (χ0) is 12.1. The molecule has 88 valence electrons. The Morgan fingerprint density at radius 1 is 1.47 bits per heavy atom. The van der Waals surface area contributed by atoms with Crippen molar-refractivity contribution in [1.29, 1.82) is 0 Å². The normalized spacial score (nSPS) is 13.5. The van der Waals surface area contributed by atoms with E-state index >= 15 is 0 Å². The zero-order valence-corrected chi connectivity index (χ0v) is 13.0. The predicted molar refractivity (Wildman–Crippen MR) is 77.0 cm³/mol. The van der Waals surface area contributed by atoms with Crippen LogP contribution in [0.25, 0.3) is 0 Å². The van der Waals surface area contributed by atoms with E-state index in [1.54, 1.807) is 0 Å². The lowest BCUT2D eigenvalue weighted by atomic mass is 9.48. The van der Waals surface area contributed by atoms with Crippen LogP contribution in [0.1, 0.15) is 53.9 Å². The van der Waals surface area contributed by atoms with Gasteiger partial charge in [0.15, 0.2) is 0 Å². The van der Waals surface area contributed by atoms with Crippen molar-refractivity contribution in [3.63, 3.8) is 0 Å². The van der Waals surface area contributed by atoms with Gasteiger partial charge in [-0.2, -0.15) is 11.5 Å². The van der Waals surface area contributed by atoms with Crippen molar-refractivity contribution in [3.05, 3.63) is 10.5 Å². The molecule has 0 amide bonds. The summed E-state index contributed by atoms with van der Waals surface area (Å²) in [7, 11) is 0. The van der Waals surface area contributed by atoms with Crippen LogP contribution in [0.2, 0.25) is 5.31 Å². The van der Waals surface area contributed by atoms with Crippen molar-refractivity contribution >= 4 is 33.5 Å². The van der Waals surface area contributed by atoms with E-state index in [4.69, 9.17) is 11.5 Å².